The van der Waals surface area contributed by atoms with Crippen LogP contribution in [0.5, 0.6) is 0 Å². The molecule has 0 heterocycles. The Bertz CT molecular complexity index is 428. The molecule has 0 spiro atoms. The second-order valence-corrected chi connectivity index (χ2v) is 2.67. The van der Waals surface area contributed by atoms with E-state index in [0.717, 1.165) is 0 Å². The Labute approximate surface area is 84.7 Å². The summed E-state index contributed by atoms with van der Waals surface area (Å²) in [6, 6.07) is 4.86. The number of ketones is 1. The number of hydrogen-bond acceptors (Lipinski definition) is 3. The first-order valence-electron chi connectivity index (χ1n) is 3.95. The molecule has 4 N–H and O–H groups in total. The highest BCUT2D eigenvalue weighted by atomic mass is 16.4. The van der Waals surface area contributed by atoms with Crippen LogP contribution in [0.2, 0.25) is 0 Å². The topological polar surface area (TPSA) is 109 Å². The van der Waals surface area contributed by atoms with E-state index in [9.17, 15) is 14.4 Å². The van der Waals surface area contributed by atoms with E-state index in [1.807, 2.05) is 0 Å². The number of amides is 2. The van der Waals surface area contributed by atoms with Crippen molar-refractivity contribution in [3.63, 3.8) is 0 Å². The fourth-order valence-corrected chi connectivity index (χ4v) is 1.04. The molecule has 0 bridgehead atoms. The Morgan fingerprint density at radius 3 is 2.33 bits per heavy atom. The molecule has 0 saturated heterocycles. The molecule has 0 atom stereocenters. The molecule has 0 aliphatic carbocycles. The number of carbonyl (C=O) groups excluding carboxylic acids is 2. The molecule has 2 amide bonds. The molecule has 0 aliphatic rings. The van der Waals surface area contributed by atoms with Crippen molar-refractivity contribution in [2.45, 2.75) is 0 Å². The van der Waals surface area contributed by atoms with E-state index in [1.165, 1.54) is 18.2 Å². The number of aliphatic carboxylic acids is 1. The van der Waals surface area contributed by atoms with Gasteiger partial charge in [-0.05, 0) is 12.1 Å². The number of nitrogens with one attached hydrogen (secondary N) is 1. The quantitative estimate of drug-likeness (QED) is 0.494. The van der Waals surface area contributed by atoms with Gasteiger partial charge >= 0.3 is 12.0 Å². The van der Waals surface area contributed by atoms with Gasteiger partial charge in [0.15, 0.2) is 0 Å². The lowest BCUT2D eigenvalue weighted by Crippen LogP contribution is -2.22. The Morgan fingerprint density at radius 1 is 1.20 bits per heavy atom. The van der Waals surface area contributed by atoms with E-state index in [2.05, 4.69) is 5.32 Å². The van der Waals surface area contributed by atoms with Crippen LogP contribution in [0, 0.1) is 0 Å². The maximum atomic E-state index is 11.2. The van der Waals surface area contributed by atoms with Gasteiger partial charge in [-0.3, -0.25) is 4.79 Å². The van der Waals surface area contributed by atoms with Gasteiger partial charge < -0.3 is 16.2 Å². The number of nitrogens with two attached hydrogens (primary N) is 1. The van der Waals surface area contributed by atoms with Crippen molar-refractivity contribution >= 4 is 23.5 Å². The number of urea groups is 1. The van der Waals surface area contributed by atoms with Crippen LogP contribution < -0.4 is 11.1 Å². The van der Waals surface area contributed by atoms with Gasteiger partial charge in [0.1, 0.15) is 0 Å². The monoisotopic (exact) mass is 208 g/mol. The second kappa shape index (κ2) is 4.23. The minimum atomic E-state index is -1.59. The average Bonchev–Trinajstić information content (AvgIpc) is 2.16. The highest BCUT2D eigenvalue weighted by Gasteiger charge is 2.18. The maximum Gasteiger partial charge on any atom is 0.377 e. The van der Waals surface area contributed by atoms with Crippen molar-refractivity contribution in [1.29, 1.82) is 0 Å². The Kier molecular flexibility index (Phi) is 3.02. The number of carboxylic acids is 1. The molecule has 1 rings (SSSR count). The lowest BCUT2D eigenvalue weighted by molar-refractivity contribution is -0.131. The lowest BCUT2D eigenvalue weighted by Gasteiger charge is -2.05. The predicted molar refractivity (Wildman–Crippen MR) is 51.6 cm³/mol. The molecular formula is C9H8N2O4. The zero-order chi connectivity index (χ0) is 11.4. The third-order valence-corrected chi connectivity index (χ3v) is 1.62. The number of anilines is 1. The van der Waals surface area contributed by atoms with E-state index in [4.69, 9.17) is 10.8 Å². The summed E-state index contributed by atoms with van der Waals surface area (Å²) in [5, 5.41) is 10.7. The first-order valence-corrected chi connectivity index (χ1v) is 3.95. The van der Waals surface area contributed by atoms with Gasteiger partial charge in [0.25, 0.3) is 5.78 Å². The van der Waals surface area contributed by atoms with Crippen LogP contribution >= 0.6 is 0 Å². The molecule has 15 heavy (non-hydrogen) atoms. The van der Waals surface area contributed by atoms with E-state index < -0.39 is 17.8 Å². The van der Waals surface area contributed by atoms with Gasteiger partial charge in [-0.25, -0.2) is 9.59 Å². The Hall–Kier alpha value is -2.37. The van der Waals surface area contributed by atoms with Crippen molar-refractivity contribution < 1.29 is 19.5 Å². The van der Waals surface area contributed by atoms with Gasteiger partial charge in [-0.1, -0.05) is 12.1 Å². The van der Waals surface area contributed by atoms with Crippen molar-refractivity contribution in [2.24, 2.45) is 5.73 Å². The number of para-hydroxylation sites is 1. The number of carboxylic acid groups (broad SMARTS) is 1. The first-order chi connectivity index (χ1) is 7.02. The number of benzene rings is 1. The molecule has 1 aromatic carbocycles. The minimum absolute atomic E-state index is 0.0809. The maximum absolute atomic E-state index is 11.2. The highest BCUT2D eigenvalue weighted by molar-refractivity contribution is 6.41. The van der Waals surface area contributed by atoms with E-state index in [0.29, 0.717) is 0 Å². The summed E-state index contributed by atoms with van der Waals surface area (Å²) in [7, 11) is 0. The van der Waals surface area contributed by atoms with Crippen LogP contribution in [0.3, 0.4) is 0 Å². The molecule has 6 nitrogen and oxygen atoms in total. The second-order valence-electron chi connectivity index (χ2n) is 2.67. The molecule has 0 aliphatic heterocycles. The van der Waals surface area contributed by atoms with E-state index >= 15 is 0 Å². The van der Waals surface area contributed by atoms with Crippen LogP contribution in [0.4, 0.5) is 10.5 Å². The summed E-state index contributed by atoms with van der Waals surface area (Å²) < 4.78 is 0. The summed E-state index contributed by atoms with van der Waals surface area (Å²) in [5.41, 5.74) is 4.83. The molecule has 78 valence electrons. The number of rotatable bonds is 3. The molecule has 0 fully saturated rings. The predicted octanol–water partition coefficient (Wildman–Crippen LogP) is 0.445. The number of hydrogen-bond donors (Lipinski definition) is 3. The van der Waals surface area contributed by atoms with E-state index in [1.54, 1.807) is 6.07 Å². The third kappa shape index (κ3) is 2.53. The van der Waals surface area contributed by atoms with Crippen LogP contribution in [0.1, 0.15) is 10.4 Å². The van der Waals surface area contributed by atoms with Crippen molar-refractivity contribution in [1.82, 2.24) is 0 Å². The zero-order valence-electron chi connectivity index (χ0n) is 7.56. The van der Waals surface area contributed by atoms with E-state index in [-0.39, 0.29) is 11.3 Å². The minimum Gasteiger partial charge on any atom is -0.475 e. The fraction of sp³-hybridized carbons (Fsp3) is 0. The summed E-state index contributed by atoms with van der Waals surface area (Å²) in [4.78, 5) is 32.2. The van der Waals surface area contributed by atoms with Crippen LogP contribution in [-0.4, -0.2) is 22.9 Å². The van der Waals surface area contributed by atoms with Gasteiger partial charge in [0.05, 0.1) is 11.3 Å². The van der Waals surface area contributed by atoms with Crippen molar-refractivity contribution in [3.05, 3.63) is 29.8 Å². The number of primary amides is 1. The summed E-state index contributed by atoms with van der Waals surface area (Å²) in [6.45, 7) is 0. The third-order valence-electron chi connectivity index (χ3n) is 1.62. The van der Waals surface area contributed by atoms with Crippen molar-refractivity contribution in [3.8, 4) is 0 Å². The molecule has 1 aromatic rings. The standard InChI is InChI=1S/C9H8N2O4/c10-9(15)11-6-4-2-1-3-5(6)7(12)8(13)14/h1-4H,(H,13,14)(H3,10,11,15). The van der Waals surface area contributed by atoms with Crippen LogP contribution in [0.15, 0.2) is 24.3 Å². The lowest BCUT2D eigenvalue weighted by atomic mass is 10.1. The Balaban J connectivity index is 3.11. The molecule has 6 heteroatoms. The van der Waals surface area contributed by atoms with Gasteiger partial charge in [0, 0.05) is 0 Å². The summed E-state index contributed by atoms with van der Waals surface area (Å²) in [6.07, 6.45) is 0. The molecule has 0 saturated carbocycles. The van der Waals surface area contributed by atoms with Crippen LogP contribution in [0.25, 0.3) is 0 Å². The summed E-state index contributed by atoms with van der Waals surface area (Å²) in [5.74, 6) is -2.69. The van der Waals surface area contributed by atoms with Gasteiger partial charge in [-0.2, -0.15) is 0 Å². The van der Waals surface area contributed by atoms with Gasteiger partial charge in [-0.15, -0.1) is 0 Å². The largest absolute Gasteiger partial charge is 0.475 e. The van der Waals surface area contributed by atoms with Crippen LogP contribution in [-0.2, 0) is 4.79 Å². The smallest absolute Gasteiger partial charge is 0.377 e. The average molecular weight is 208 g/mol. The molecule has 0 radical (unpaired) electrons. The normalized spacial score (nSPS) is 9.33. The summed E-state index contributed by atoms with van der Waals surface area (Å²) >= 11 is 0. The highest BCUT2D eigenvalue weighted by Crippen LogP contribution is 2.15. The molecule has 0 aromatic heterocycles. The zero-order valence-corrected chi connectivity index (χ0v) is 7.56. The number of Topliss-reactive ketones (excluding diaryl/α,β-unsaturated/α-hetero) is 1. The fourth-order valence-electron chi connectivity index (χ4n) is 1.04. The van der Waals surface area contributed by atoms with Crippen molar-refractivity contribution in [2.75, 3.05) is 5.32 Å². The van der Waals surface area contributed by atoms with Gasteiger partial charge in [0.2, 0.25) is 0 Å². The number of carbonyl (C=O) groups is 3. The molecular weight excluding hydrogens is 200 g/mol. The SMILES string of the molecule is NC(=O)Nc1ccccc1C(=O)C(=O)O. The first kappa shape index (κ1) is 10.7. The Morgan fingerprint density at radius 2 is 1.80 bits per heavy atom. The molecule has 0 unspecified atom stereocenters.